The van der Waals surface area contributed by atoms with E-state index in [4.69, 9.17) is 56.3 Å². The molecule has 0 aliphatic carbocycles. The Kier molecular flexibility index (Phi) is 211. The minimum absolute atomic E-state index is 0. The summed E-state index contributed by atoms with van der Waals surface area (Å²) in [7, 11) is 1.50. The van der Waals surface area contributed by atoms with Crippen LogP contribution >= 0.6 is 0 Å². The molecule has 0 aliphatic rings. The first-order chi connectivity index (χ1) is 8.81. The predicted octanol–water partition coefficient (Wildman–Crippen LogP) is -0.818. The van der Waals surface area contributed by atoms with Crippen molar-refractivity contribution >= 4 is 0 Å². The van der Waals surface area contributed by atoms with Crippen LogP contribution < -0.4 is 34.4 Å². The van der Waals surface area contributed by atoms with Crippen molar-refractivity contribution in [2.45, 2.75) is 25.3 Å². The van der Waals surface area contributed by atoms with Crippen LogP contribution in [0.3, 0.4) is 0 Å². The minimum atomic E-state index is -0.954. The van der Waals surface area contributed by atoms with Crippen molar-refractivity contribution in [1.29, 1.82) is 21.0 Å². The third-order valence-electron chi connectivity index (χ3n) is 0.427. The van der Waals surface area contributed by atoms with Crippen molar-refractivity contribution in [3.05, 3.63) is 25.0 Å². The Labute approximate surface area is 194 Å². The molecule has 0 heterocycles. The quantitative estimate of drug-likeness (QED) is 0.179. The molecular formula is C9H27N13Y2-4. The zero-order valence-electron chi connectivity index (χ0n) is 13.9. The van der Waals surface area contributed by atoms with Gasteiger partial charge in [0.25, 0.3) is 0 Å². The third kappa shape index (κ3) is 280. The molecule has 0 saturated carbocycles. The Morgan fingerprint density at radius 3 is 0.833 bits per heavy atom. The third-order valence-corrected chi connectivity index (χ3v) is 0.427. The van der Waals surface area contributed by atoms with Crippen LogP contribution in [0.5, 0.6) is 0 Å². The maximum absolute atomic E-state index is 7.74. The molecule has 2 radical (unpaired) electrons. The SMILES string of the molecule is CC(N)N.CN.N#CC(N)C#N.N#CC(N)N.[C-]#N.[NH2-].[NH2-].[NH2-].[Y].[Y]. The van der Waals surface area contributed by atoms with Gasteiger partial charge in [0.15, 0.2) is 6.04 Å². The van der Waals surface area contributed by atoms with Crippen LogP contribution in [0.1, 0.15) is 6.92 Å². The summed E-state index contributed by atoms with van der Waals surface area (Å²) in [5.74, 6) is 0. The van der Waals surface area contributed by atoms with Gasteiger partial charge in [0.2, 0.25) is 0 Å². The molecule has 13 nitrogen and oxygen atoms in total. The fraction of sp³-hybridized carbons (Fsp3) is 0.556. The summed E-state index contributed by atoms with van der Waals surface area (Å²) in [6.45, 7) is 6.47. The van der Waals surface area contributed by atoms with Crippen LogP contribution in [0.4, 0.5) is 0 Å². The van der Waals surface area contributed by atoms with Crippen molar-refractivity contribution in [1.82, 2.24) is 0 Å². The summed E-state index contributed by atoms with van der Waals surface area (Å²) in [6.07, 6.45) is -0.977. The van der Waals surface area contributed by atoms with E-state index in [0.717, 1.165) is 0 Å². The van der Waals surface area contributed by atoms with Gasteiger partial charge < -0.3 is 64.7 Å². The molecule has 0 aromatic heterocycles. The maximum atomic E-state index is 7.74. The van der Waals surface area contributed by atoms with E-state index in [9.17, 15) is 0 Å². The van der Waals surface area contributed by atoms with E-state index in [2.05, 4.69) is 5.73 Å². The molecule has 138 valence electrons. The molecule has 0 bridgehead atoms. The van der Waals surface area contributed by atoms with Crippen LogP contribution in [0.15, 0.2) is 0 Å². The number of hydrogen-bond donors (Lipinski definition) is 6. The monoisotopic (exact) mass is 495 g/mol. The van der Waals surface area contributed by atoms with Crippen LogP contribution in [-0.2, 0) is 65.4 Å². The van der Waals surface area contributed by atoms with E-state index in [0.29, 0.717) is 0 Å². The molecule has 0 atom stereocenters. The second-order valence-corrected chi connectivity index (χ2v) is 2.25. The van der Waals surface area contributed by atoms with Crippen molar-refractivity contribution in [2.24, 2.45) is 34.4 Å². The van der Waals surface area contributed by atoms with Crippen LogP contribution in [-0.4, -0.2) is 25.4 Å². The summed E-state index contributed by atoms with van der Waals surface area (Å²) >= 11 is 0. The first-order valence-electron chi connectivity index (χ1n) is 4.58. The molecule has 0 aliphatic heterocycles. The van der Waals surface area contributed by atoms with Gasteiger partial charge in [-0.2, -0.15) is 15.8 Å². The van der Waals surface area contributed by atoms with Gasteiger partial charge in [0.05, 0.1) is 18.2 Å². The smallest absolute Gasteiger partial charge is 0.181 e. The molecule has 15 heteroatoms. The molecule has 0 fully saturated rings. The maximum Gasteiger partial charge on any atom is 0.181 e. The van der Waals surface area contributed by atoms with Gasteiger partial charge in [-0.3, -0.25) is 0 Å². The van der Waals surface area contributed by atoms with Gasteiger partial charge in [-0.15, -0.1) is 0 Å². The average Bonchev–Trinajstić information content (AvgIpc) is 2.42. The van der Waals surface area contributed by atoms with E-state index in [1.54, 1.807) is 13.0 Å². The van der Waals surface area contributed by atoms with Crippen molar-refractivity contribution in [3.63, 3.8) is 0 Å². The molecule has 0 rings (SSSR count). The van der Waals surface area contributed by atoms with Gasteiger partial charge in [0, 0.05) is 71.6 Å². The number of nitrogens with two attached hydrogens (primary N) is 9. The van der Waals surface area contributed by atoms with E-state index in [1.807, 2.05) is 0 Å². The van der Waals surface area contributed by atoms with Crippen molar-refractivity contribution < 1.29 is 65.4 Å². The zero-order chi connectivity index (χ0) is 16.9. The van der Waals surface area contributed by atoms with E-state index in [1.165, 1.54) is 19.2 Å². The van der Waals surface area contributed by atoms with Gasteiger partial charge in [0.1, 0.15) is 6.17 Å². The van der Waals surface area contributed by atoms with Crippen LogP contribution in [0.2, 0.25) is 0 Å². The average molecular weight is 495 g/mol. The standard InChI is InChI=1S/C3H3N3.C2H5N3.C2H8N2.CH5N.CN.3H2N.2Y/c4-1-3(6)2-5;3-1-2(4)5;1-2(3)4;2*1-2;;;;;/h3H,6H2;2H,4-5H2;2H,3-4H2,1H3;2H2,1H3;;3*1H2;;/q;;;;4*-1;;. The van der Waals surface area contributed by atoms with Crippen LogP contribution in [0, 0.1) is 45.8 Å². The number of hydrogen-bond acceptors (Lipinski definition) is 10. The largest absolute Gasteiger partial charge is 0.693 e. The Bertz CT molecular complexity index is 272. The van der Waals surface area contributed by atoms with E-state index < -0.39 is 12.2 Å². The van der Waals surface area contributed by atoms with E-state index in [-0.39, 0.29) is 90.0 Å². The Morgan fingerprint density at radius 2 is 0.833 bits per heavy atom. The first kappa shape index (κ1) is 65.0. The normalized spacial score (nSPS) is 5.08. The Hall–Kier alpha value is -0.192. The number of rotatable bonds is 0. The predicted molar refractivity (Wildman–Crippen MR) is 85.7 cm³/mol. The molecular weight excluding hydrogens is 468 g/mol. The summed E-state index contributed by atoms with van der Waals surface area (Å²) in [6, 6.07) is 3.69. The van der Waals surface area contributed by atoms with Crippen molar-refractivity contribution in [3.8, 4) is 18.2 Å². The molecule has 0 spiro atoms. The number of nitrogens with zero attached hydrogens (tertiary/aromatic N) is 4. The molecule has 18 N–H and O–H groups in total. The Morgan fingerprint density at radius 1 is 0.708 bits per heavy atom. The summed E-state index contributed by atoms with van der Waals surface area (Å²) in [5, 5.41) is 29.4. The van der Waals surface area contributed by atoms with Gasteiger partial charge >= 0.3 is 0 Å². The molecule has 0 aromatic rings. The minimum Gasteiger partial charge on any atom is -0.693 e. The van der Waals surface area contributed by atoms with Gasteiger partial charge in [-0.25, -0.2) is 0 Å². The summed E-state index contributed by atoms with van der Waals surface area (Å²) in [5.41, 5.74) is 28.4. The number of nitriles is 3. The molecule has 0 unspecified atom stereocenters. The zero-order valence-corrected chi connectivity index (χ0v) is 19.5. The fourth-order valence-electron chi connectivity index (χ4n) is 0.0289. The summed E-state index contributed by atoms with van der Waals surface area (Å²) in [4.78, 5) is 0. The molecule has 0 saturated heterocycles. The fourth-order valence-corrected chi connectivity index (χ4v) is 0.0289. The molecule has 0 amide bonds. The second kappa shape index (κ2) is 77.8. The molecule has 0 aromatic carbocycles. The van der Waals surface area contributed by atoms with Crippen LogP contribution in [0.25, 0.3) is 18.5 Å². The Balaban J connectivity index is -0.0000000128. The first-order valence-corrected chi connectivity index (χ1v) is 4.58. The second-order valence-electron chi connectivity index (χ2n) is 2.25. The van der Waals surface area contributed by atoms with E-state index >= 15 is 0 Å². The van der Waals surface area contributed by atoms with Crippen molar-refractivity contribution in [2.75, 3.05) is 7.05 Å². The van der Waals surface area contributed by atoms with Gasteiger partial charge in [-0.1, -0.05) is 0 Å². The van der Waals surface area contributed by atoms with Gasteiger partial charge in [-0.05, 0) is 14.0 Å². The molecule has 24 heavy (non-hydrogen) atoms. The summed E-state index contributed by atoms with van der Waals surface area (Å²) < 4.78 is 0. The topological polar surface area (TPSA) is 352 Å².